The number of anilines is 1. The Morgan fingerprint density at radius 1 is 1.00 bits per heavy atom. The predicted molar refractivity (Wildman–Crippen MR) is 149 cm³/mol. The number of ether oxygens (including phenoxy) is 1. The summed E-state index contributed by atoms with van der Waals surface area (Å²) in [5, 5.41) is 10.7. The summed E-state index contributed by atoms with van der Waals surface area (Å²) in [6.07, 6.45) is 2.65. The minimum atomic E-state index is -1.19. The van der Waals surface area contributed by atoms with Crippen molar-refractivity contribution in [2.24, 2.45) is 29.1 Å². The molecule has 2 heterocycles. The Kier molecular flexibility index (Phi) is 6.07. The lowest BCUT2D eigenvalue weighted by atomic mass is 9.51. The summed E-state index contributed by atoms with van der Waals surface area (Å²) in [5.41, 5.74) is 0.818. The highest BCUT2D eigenvalue weighted by Gasteiger charge is 2.67. The number of aromatic hydroxyl groups is 1. The van der Waals surface area contributed by atoms with Gasteiger partial charge in [-0.2, -0.15) is 0 Å². The quantitative estimate of drug-likeness (QED) is 0.376. The Bertz CT molecular complexity index is 1490. The van der Waals surface area contributed by atoms with Crippen LogP contribution in [0.3, 0.4) is 0 Å². The first-order valence-corrected chi connectivity index (χ1v) is 14.3. The van der Waals surface area contributed by atoms with E-state index in [4.69, 9.17) is 4.74 Å². The molecule has 0 spiro atoms. The van der Waals surface area contributed by atoms with Gasteiger partial charge in [-0.3, -0.25) is 24.1 Å². The Labute approximate surface area is 242 Å². The van der Waals surface area contributed by atoms with Gasteiger partial charge in [0.2, 0.25) is 23.6 Å². The summed E-state index contributed by atoms with van der Waals surface area (Å²) in [6, 6.07) is 10.5. The first kappa shape index (κ1) is 26.3. The summed E-state index contributed by atoms with van der Waals surface area (Å²) in [4.78, 5) is 57.2. The molecule has 39 heavy (non-hydrogen) atoms. The van der Waals surface area contributed by atoms with E-state index in [1.807, 2.05) is 19.1 Å². The number of carbonyl (C=O) groups excluding carboxylic acids is 4. The molecule has 2 aliphatic heterocycles. The first-order valence-electron chi connectivity index (χ1n) is 12.7. The third-order valence-electron chi connectivity index (χ3n) is 9.21. The molecule has 1 saturated carbocycles. The second-order valence-electron chi connectivity index (χ2n) is 10.9. The molecule has 8 nitrogen and oxygen atoms in total. The molecule has 4 amide bonds. The second-order valence-corrected chi connectivity index (χ2v) is 12.5. The largest absolute Gasteiger partial charge is 0.503 e. The number of phenols is 1. The first-order chi connectivity index (χ1) is 18.5. The van der Waals surface area contributed by atoms with E-state index in [1.54, 1.807) is 30.3 Å². The zero-order valence-corrected chi connectivity index (χ0v) is 24.7. The fraction of sp³-hybridized carbons (Fsp3) is 0.379. The minimum absolute atomic E-state index is 0.0993. The molecule has 2 saturated heterocycles. The summed E-state index contributed by atoms with van der Waals surface area (Å²) in [7, 11) is 2.95. The highest BCUT2D eigenvalue weighted by Crippen LogP contribution is 2.65. The molecule has 4 aliphatic rings. The number of methoxy groups -OCH3 is 1. The highest BCUT2D eigenvalue weighted by molar-refractivity contribution is 9.13. The van der Waals surface area contributed by atoms with E-state index in [-0.39, 0.29) is 41.5 Å². The molecule has 6 unspecified atom stereocenters. The standard InChI is InChI=1S/C29H26Br2N2O6/c1-29-18(26(36)33(28(29)38)13-7-5-4-6-8-13)11-16-14(9-10-15-20(16)27(37)32(2)25(15)35)21(29)17-12-19(39-3)24(34)23(31)22(17)30/h4-9,12,15-16,18,20-21,34H,10-11H2,1-3H3. The van der Waals surface area contributed by atoms with Crippen LogP contribution in [0.4, 0.5) is 5.69 Å². The van der Waals surface area contributed by atoms with E-state index in [1.165, 1.54) is 24.0 Å². The number of halogens is 2. The molecule has 2 aromatic rings. The van der Waals surface area contributed by atoms with Gasteiger partial charge in [0.15, 0.2) is 11.5 Å². The van der Waals surface area contributed by atoms with Gasteiger partial charge in [-0.05, 0) is 81.3 Å². The van der Waals surface area contributed by atoms with Crippen LogP contribution in [0.1, 0.15) is 31.2 Å². The molecule has 0 radical (unpaired) electrons. The van der Waals surface area contributed by atoms with Crippen molar-refractivity contribution in [1.82, 2.24) is 4.90 Å². The van der Waals surface area contributed by atoms with Gasteiger partial charge in [0.25, 0.3) is 0 Å². The maximum Gasteiger partial charge on any atom is 0.241 e. The van der Waals surface area contributed by atoms with Crippen LogP contribution in [0, 0.1) is 29.1 Å². The van der Waals surface area contributed by atoms with Crippen molar-refractivity contribution in [2.45, 2.75) is 25.7 Å². The molecule has 2 aromatic carbocycles. The van der Waals surface area contributed by atoms with Gasteiger partial charge >= 0.3 is 0 Å². The molecule has 6 atom stereocenters. The van der Waals surface area contributed by atoms with Crippen molar-refractivity contribution in [3.63, 3.8) is 0 Å². The lowest BCUT2D eigenvalue weighted by Crippen LogP contribution is -2.49. The molecule has 10 heteroatoms. The van der Waals surface area contributed by atoms with Crippen LogP contribution < -0.4 is 9.64 Å². The summed E-state index contributed by atoms with van der Waals surface area (Å²) in [5.74, 6) is -3.81. The SMILES string of the molecule is COc1cc(C2C3=CCC4C(=O)N(C)C(=O)C4C3CC3C(=O)N(c4ccccc4)C(=O)C32C)c(Br)c(Br)c1O. The maximum absolute atomic E-state index is 14.4. The number of fused-ring (bicyclic) bond motifs is 4. The van der Waals surface area contributed by atoms with E-state index < -0.39 is 35.0 Å². The van der Waals surface area contributed by atoms with Crippen molar-refractivity contribution >= 4 is 61.2 Å². The van der Waals surface area contributed by atoms with Gasteiger partial charge in [0.05, 0.1) is 40.4 Å². The Balaban J connectivity index is 1.60. The van der Waals surface area contributed by atoms with Crippen LogP contribution in [-0.2, 0) is 19.2 Å². The average Bonchev–Trinajstić information content (AvgIpc) is 3.28. The predicted octanol–water partition coefficient (Wildman–Crippen LogP) is 4.79. The van der Waals surface area contributed by atoms with E-state index in [9.17, 15) is 24.3 Å². The van der Waals surface area contributed by atoms with Crippen LogP contribution >= 0.6 is 31.9 Å². The van der Waals surface area contributed by atoms with E-state index in [0.717, 1.165) is 5.57 Å². The lowest BCUT2D eigenvalue weighted by molar-refractivity contribution is -0.138. The molecule has 202 valence electrons. The van der Waals surface area contributed by atoms with Crippen LogP contribution in [-0.4, -0.2) is 47.8 Å². The minimum Gasteiger partial charge on any atom is -0.503 e. The third-order valence-corrected chi connectivity index (χ3v) is 11.4. The third kappa shape index (κ3) is 3.40. The van der Waals surface area contributed by atoms with Crippen LogP contribution in [0.2, 0.25) is 0 Å². The summed E-state index contributed by atoms with van der Waals surface area (Å²) < 4.78 is 6.34. The van der Waals surface area contributed by atoms with Crippen LogP contribution in [0.5, 0.6) is 11.5 Å². The number of nitrogens with zero attached hydrogens (tertiary/aromatic N) is 2. The van der Waals surface area contributed by atoms with Gasteiger partial charge in [0, 0.05) is 17.4 Å². The molecule has 6 rings (SSSR count). The number of imide groups is 2. The normalized spacial score (nSPS) is 31.7. The molecule has 2 aliphatic carbocycles. The molecule has 0 bridgehead atoms. The molecular formula is C29H26Br2N2O6. The topological polar surface area (TPSA) is 104 Å². The second kappa shape index (κ2) is 9.02. The molecule has 0 aromatic heterocycles. The summed E-state index contributed by atoms with van der Waals surface area (Å²) >= 11 is 7.07. The average molecular weight is 658 g/mol. The molecular weight excluding hydrogens is 632 g/mol. The van der Waals surface area contributed by atoms with Crippen molar-refractivity contribution < 1.29 is 29.0 Å². The van der Waals surface area contributed by atoms with Gasteiger partial charge in [0.1, 0.15) is 0 Å². The van der Waals surface area contributed by atoms with E-state index in [2.05, 4.69) is 31.9 Å². The number of amides is 4. The van der Waals surface area contributed by atoms with Gasteiger partial charge in [-0.1, -0.05) is 29.8 Å². The number of hydrogen-bond donors (Lipinski definition) is 1. The molecule has 3 fully saturated rings. The van der Waals surface area contributed by atoms with Crippen LogP contribution in [0.25, 0.3) is 0 Å². The number of carbonyl (C=O) groups is 4. The Hall–Kier alpha value is -2.98. The zero-order valence-electron chi connectivity index (χ0n) is 21.5. The van der Waals surface area contributed by atoms with Gasteiger partial charge in [-0.25, -0.2) is 4.90 Å². The number of allylic oxidation sites excluding steroid dienone is 2. The van der Waals surface area contributed by atoms with Crippen molar-refractivity contribution in [3.8, 4) is 11.5 Å². The van der Waals surface area contributed by atoms with E-state index >= 15 is 0 Å². The number of rotatable bonds is 3. The lowest BCUT2D eigenvalue weighted by Gasteiger charge is -2.49. The zero-order chi connectivity index (χ0) is 28.0. The number of hydrogen-bond acceptors (Lipinski definition) is 6. The van der Waals surface area contributed by atoms with Gasteiger partial charge in [-0.15, -0.1) is 0 Å². The number of likely N-dealkylation sites (tertiary alicyclic amines) is 1. The van der Waals surface area contributed by atoms with E-state index in [0.29, 0.717) is 26.6 Å². The van der Waals surface area contributed by atoms with Crippen LogP contribution in [0.15, 0.2) is 57.0 Å². The maximum atomic E-state index is 14.4. The molecule has 1 N–H and O–H groups in total. The number of phenolic OH excluding ortho intramolecular Hbond substituents is 1. The Morgan fingerprint density at radius 3 is 2.36 bits per heavy atom. The fourth-order valence-electron chi connectivity index (χ4n) is 7.32. The fourth-order valence-corrected chi connectivity index (χ4v) is 8.27. The van der Waals surface area contributed by atoms with Gasteiger partial charge < -0.3 is 9.84 Å². The number of benzene rings is 2. The smallest absolute Gasteiger partial charge is 0.241 e. The van der Waals surface area contributed by atoms with Crippen molar-refractivity contribution in [1.29, 1.82) is 0 Å². The monoisotopic (exact) mass is 656 g/mol. The highest BCUT2D eigenvalue weighted by atomic mass is 79.9. The Morgan fingerprint density at radius 2 is 1.69 bits per heavy atom. The summed E-state index contributed by atoms with van der Waals surface area (Å²) in [6.45, 7) is 1.82. The van der Waals surface area contributed by atoms with Crippen molar-refractivity contribution in [3.05, 3.63) is 62.6 Å². The van der Waals surface area contributed by atoms with Crippen molar-refractivity contribution in [2.75, 3.05) is 19.1 Å². The number of para-hydroxylation sites is 1.